The molecule has 17 heavy (non-hydrogen) atoms. The van der Waals surface area contributed by atoms with Crippen molar-refractivity contribution in [1.29, 1.82) is 0 Å². The summed E-state index contributed by atoms with van der Waals surface area (Å²) in [5, 5.41) is 2.82. The first kappa shape index (κ1) is 11.8. The van der Waals surface area contributed by atoms with Crippen molar-refractivity contribution < 1.29 is 4.79 Å². The minimum absolute atomic E-state index is 0.171. The van der Waals surface area contributed by atoms with Crippen molar-refractivity contribution in [3.63, 3.8) is 0 Å². The second kappa shape index (κ2) is 5.59. The number of carbonyl (C=O) groups is 1. The zero-order valence-corrected chi connectivity index (χ0v) is 10.6. The van der Waals surface area contributed by atoms with Crippen LogP contribution >= 0.6 is 15.9 Å². The van der Waals surface area contributed by atoms with E-state index in [0.29, 0.717) is 12.2 Å². The molecule has 0 aliphatic heterocycles. The number of carbonyl (C=O) groups excluding carboxylic acids is 1. The van der Waals surface area contributed by atoms with Crippen molar-refractivity contribution in [3.8, 4) is 0 Å². The molecule has 1 amide bonds. The number of hydrogen-bond donors (Lipinski definition) is 1. The summed E-state index contributed by atoms with van der Waals surface area (Å²) in [6.07, 6.45) is 1.60. The lowest BCUT2D eigenvalue weighted by Crippen LogP contribution is -2.23. The van der Waals surface area contributed by atoms with Crippen LogP contribution in [0.3, 0.4) is 0 Å². The number of nitrogens with one attached hydrogen (secondary N) is 1. The first-order valence-electron chi connectivity index (χ1n) is 5.19. The molecule has 0 aliphatic rings. The number of halogens is 1. The van der Waals surface area contributed by atoms with Gasteiger partial charge in [0.25, 0.3) is 5.91 Å². The van der Waals surface area contributed by atoms with E-state index in [4.69, 9.17) is 0 Å². The van der Waals surface area contributed by atoms with Gasteiger partial charge in [0.2, 0.25) is 0 Å². The van der Waals surface area contributed by atoms with E-state index >= 15 is 0 Å². The minimum atomic E-state index is -0.171. The normalized spacial score (nSPS) is 9.94. The Morgan fingerprint density at radius 2 is 2.00 bits per heavy atom. The molecule has 0 radical (unpaired) electrons. The molecule has 0 saturated heterocycles. The number of hydrogen-bond acceptors (Lipinski definition) is 2. The Kier molecular flexibility index (Phi) is 3.88. The van der Waals surface area contributed by atoms with Crippen molar-refractivity contribution >= 4 is 21.8 Å². The van der Waals surface area contributed by atoms with Gasteiger partial charge in [-0.15, -0.1) is 0 Å². The van der Waals surface area contributed by atoms with E-state index in [2.05, 4.69) is 26.2 Å². The third kappa shape index (κ3) is 3.39. The fourth-order valence-corrected chi connectivity index (χ4v) is 1.73. The molecule has 0 unspecified atom stereocenters. The van der Waals surface area contributed by atoms with Crippen LogP contribution in [0.5, 0.6) is 0 Å². The first-order chi connectivity index (χ1) is 8.25. The van der Waals surface area contributed by atoms with Gasteiger partial charge in [0.05, 0.1) is 0 Å². The monoisotopic (exact) mass is 290 g/mol. The minimum Gasteiger partial charge on any atom is -0.347 e. The SMILES string of the molecule is O=C(NCc1ccccc1)c1cc(Br)ccn1. The summed E-state index contributed by atoms with van der Waals surface area (Å²) in [5.41, 5.74) is 1.48. The number of benzene rings is 1. The zero-order chi connectivity index (χ0) is 12.1. The second-order valence-corrected chi connectivity index (χ2v) is 4.44. The molecule has 1 aromatic carbocycles. The number of aromatic nitrogens is 1. The summed E-state index contributed by atoms with van der Waals surface area (Å²) in [4.78, 5) is 15.8. The lowest BCUT2D eigenvalue weighted by molar-refractivity contribution is 0.0946. The van der Waals surface area contributed by atoms with Crippen LogP contribution < -0.4 is 5.32 Å². The maximum Gasteiger partial charge on any atom is 0.270 e. The van der Waals surface area contributed by atoms with Crippen LogP contribution in [-0.4, -0.2) is 10.9 Å². The highest BCUT2D eigenvalue weighted by Crippen LogP contribution is 2.09. The average molecular weight is 291 g/mol. The molecule has 4 heteroatoms. The lowest BCUT2D eigenvalue weighted by atomic mass is 10.2. The smallest absolute Gasteiger partial charge is 0.270 e. The molecule has 0 saturated carbocycles. The molecule has 3 nitrogen and oxygen atoms in total. The molecule has 1 aromatic heterocycles. The highest BCUT2D eigenvalue weighted by atomic mass is 79.9. The standard InChI is InChI=1S/C13H11BrN2O/c14-11-6-7-15-12(8-11)13(17)16-9-10-4-2-1-3-5-10/h1-8H,9H2,(H,16,17). The highest BCUT2D eigenvalue weighted by Gasteiger charge is 2.06. The predicted octanol–water partition coefficient (Wildman–Crippen LogP) is 2.77. The molecule has 86 valence electrons. The number of amides is 1. The molecule has 0 atom stereocenters. The van der Waals surface area contributed by atoms with Gasteiger partial charge in [-0.3, -0.25) is 9.78 Å². The largest absolute Gasteiger partial charge is 0.347 e. The van der Waals surface area contributed by atoms with Crippen LogP contribution in [0.4, 0.5) is 0 Å². The molecule has 0 bridgehead atoms. The Morgan fingerprint density at radius 1 is 1.24 bits per heavy atom. The van der Waals surface area contributed by atoms with Crippen LogP contribution in [-0.2, 0) is 6.54 Å². The van der Waals surface area contributed by atoms with Gasteiger partial charge in [0.1, 0.15) is 5.69 Å². The first-order valence-corrected chi connectivity index (χ1v) is 5.99. The average Bonchev–Trinajstić information content (AvgIpc) is 2.37. The van der Waals surface area contributed by atoms with Crippen LogP contribution in [0.2, 0.25) is 0 Å². The zero-order valence-electron chi connectivity index (χ0n) is 9.06. The second-order valence-electron chi connectivity index (χ2n) is 3.53. The summed E-state index contributed by atoms with van der Waals surface area (Å²) >= 11 is 3.31. The number of pyridine rings is 1. The molecule has 0 spiro atoms. The van der Waals surface area contributed by atoms with Gasteiger partial charge in [-0.2, -0.15) is 0 Å². The Bertz CT molecular complexity index is 514. The fourth-order valence-electron chi connectivity index (χ4n) is 1.40. The van der Waals surface area contributed by atoms with Crippen LogP contribution in [0.15, 0.2) is 53.1 Å². The van der Waals surface area contributed by atoms with Crippen LogP contribution in [0, 0.1) is 0 Å². The van der Waals surface area contributed by atoms with Crippen molar-refractivity contribution in [2.24, 2.45) is 0 Å². The quantitative estimate of drug-likeness (QED) is 0.944. The Balaban J connectivity index is 1.98. The number of nitrogens with zero attached hydrogens (tertiary/aromatic N) is 1. The summed E-state index contributed by atoms with van der Waals surface area (Å²) in [7, 11) is 0. The van der Waals surface area contributed by atoms with E-state index < -0.39 is 0 Å². The van der Waals surface area contributed by atoms with Gasteiger partial charge in [-0.1, -0.05) is 46.3 Å². The molecule has 1 heterocycles. The molecule has 2 aromatic rings. The Morgan fingerprint density at radius 3 is 2.71 bits per heavy atom. The van der Waals surface area contributed by atoms with Gasteiger partial charge >= 0.3 is 0 Å². The Hall–Kier alpha value is -1.68. The van der Waals surface area contributed by atoms with Crippen molar-refractivity contribution in [1.82, 2.24) is 10.3 Å². The lowest BCUT2D eigenvalue weighted by Gasteiger charge is -2.04. The van der Waals surface area contributed by atoms with E-state index in [9.17, 15) is 4.79 Å². The molecular formula is C13H11BrN2O. The van der Waals surface area contributed by atoms with Crippen LogP contribution in [0.1, 0.15) is 16.1 Å². The van der Waals surface area contributed by atoms with Gasteiger partial charge in [0, 0.05) is 17.2 Å². The maximum atomic E-state index is 11.8. The Labute approximate surface area is 108 Å². The summed E-state index contributed by atoms with van der Waals surface area (Å²) < 4.78 is 0.845. The molecule has 1 N–H and O–H groups in total. The van der Waals surface area contributed by atoms with E-state index in [-0.39, 0.29) is 5.91 Å². The van der Waals surface area contributed by atoms with E-state index in [1.54, 1.807) is 18.3 Å². The predicted molar refractivity (Wildman–Crippen MR) is 69.5 cm³/mol. The van der Waals surface area contributed by atoms with Crippen molar-refractivity contribution in [2.75, 3.05) is 0 Å². The van der Waals surface area contributed by atoms with Crippen molar-refractivity contribution in [2.45, 2.75) is 6.54 Å². The molecule has 0 aliphatic carbocycles. The molecule has 0 fully saturated rings. The van der Waals surface area contributed by atoms with Crippen molar-refractivity contribution in [3.05, 3.63) is 64.4 Å². The highest BCUT2D eigenvalue weighted by molar-refractivity contribution is 9.10. The van der Waals surface area contributed by atoms with E-state index in [0.717, 1.165) is 10.0 Å². The van der Waals surface area contributed by atoms with Gasteiger partial charge < -0.3 is 5.32 Å². The van der Waals surface area contributed by atoms with Crippen LogP contribution in [0.25, 0.3) is 0 Å². The third-order valence-corrected chi connectivity index (χ3v) is 2.74. The number of rotatable bonds is 3. The maximum absolute atomic E-state index is 11.8. The summed E-state index contributed by atoms with van der Waals surface area (Å²) in [6, 6.07) is 13.2. The van der Waals surface area contributed by atoms with E-state index in [1.165, 1.54) is 0 Å². The topological polar surface area (TPSA) is 42.0 Å². The molecular weight excluding hydrogens is 280 g/mol. The fraction of sp³-hybridized carbons (Fsp3) is 0.0769. The van der Waals surface area contributed by atoms with Gasteiger partial charge in [0.15, 0.2) is 0 Å². The van der Waals surface area contributed by atoms with E-state index in [1.807, 2.05) is 30.3 Å². The third-order valence-electron chi connectivity index (χ3n) is 2.25. The molecule has 2 rings (SSSR count). The summed E-state index contributed by atoms with van der Waals surface area (Å²) in [5.74, 6) is -0.171. The van der Waals surface area contributed by atoms with Gasteiger partial charge in [-0.05, 0) is 17.7 Å². The van der Waals surface area contributed by atoms with Gasteiger partial charge in [-0.25, -0.2) is 0 Å². The summed E-state index contributed by atoms with van der Waals surface area (Å²) in [6.45, 7) is 0.508.